The van der Waals surface area contributed by atoms with E-state index in [0.717, 1.165) is 22.4 Å². The molecule has 0 fully saturated rings. The van der Waals surface area contributed by atoms with E-state index < -0.39 is 11.7 Å². The molecule has 3 aromatic carbocycles. The van der Waals surface area contributed by atoms with Gasteiger partial charge in [0.2, 0.25) is 0 Å². The maximum absolute atomic E-state index is 12.9. The number of rotatable bonds is 4. The Morgan fingerprint density at radius 2 is 1.48 bits per heavy atom. The van der Waals surface area contributed by atoms with Gasteiger partial charge in [0.05, 0.1) is 11.6 Å². The number of nitrogens with one attached hydrogen (secondary N) is 1. The Balaban J connectivity index is 1.54. The number of hydrogen-bond donors (Lipinski definition) is 1. The second-order valence-electron chi connectivity index (χ2n) is 6.81. The normalized spacial score (nSPS) is 18.9. The Kier molecular flexibility index (Phi) is 5.62. The molecule has 2 nitrogen and oxygen atoms in total. The molecule has 0 spiro atoms. The van der Waals surface area contributed by atoms with Crippen molar-refractivity contribution in [3.05, 3.63) is 107 Å². The summed E-state index contributed by atoms with van der Waals surface area (Å²) in [6.07, 6.45) is -4.33. The molecule has 6 heteroatoms. The summed E-state index contributed by atoms with van der Waals surface area (Å²) in [6, 6.07) is 25.5. The second-order valence-corrected chi connectivity index (χ2v) is 7.77. The van der Waals surface area contributed by atoms with E-state index >= 15 is 0 Å². The Labute approximate surface area is 171 Å². The van der Waals surface area contributed by atoms with Crippen LogP contribution in [0.5, 0.6) is 0 Å². The van der Waals surface area contributed by atoms with Gasteiger partial charge in [-0.15, -0.1) is 0 Å². The van der Waals surface area contributed by atoms with E-state index in [2.05, 4.69) is 17.4 Å². The van der Waals surface area contributed by atoms with Crippen molar-refractivity contribution in [2.45, 2.75) is 24.0 Å². The number of alkyl halides is 3. The number of nitrogens with zero attached hydrogens (tertiary/aromatic N) is 1. The fraction of sp³-hybridized carbons (Fsp3) is 0.174. The number of thioether (sulfide) groups is 1. The topological polar surface area (TPSA) is 24.4 Å². The summed E-state index contributed by atoms with van der Waals surface area (Å²) in [5, 5.41) is 4.20. The van der Waals surface area contributed by atoms with E-state index in [1.165, 1.54) is 23.9 Å². The van der Waals surface area contributed by atoms with Gasteiger partial charge in [0.25, 0.3) is 0 Å². The number of hydrogen-bond acceptors (Lipinski definition) is 3. The van der Waals surface area contributed by atoms with Gasteiger partial charge in [-0.25, -0.2) is 0 Å². The highest BCUT2D eigenvalue weighted by Crippen LogP contribution is 2.38. The first-order chi connectivity index (χ1) is 14.0. The third-order valence-electron chi connectivity index (χ3n) is 4.78. The molecule has 0 amide bonds. The molecular weight excluding hydrogens is 393 g/mol. The summed E-state index contributed by atoms with van der Waals surface area (Å²) in [5.74, 6) is 0.415. The van der Waals surface area contributed by atoms with E-state index in [0.29, 0.717) is 11.3 Å². The largest absolute Gasteiger partial charge is 0.416 e. The maximum Gasteiger partial charge on any atom is 0.416 e. The molecule has 0 aromatic heterocycles. The Bertz CT molecular complexity index is 988. The third kappa shape index (κ3) is 4.65. The standard InChI is InChI=1S/C23H19F3N2S/c24-23(25,26)19-13-7-8-16(14-19)15-29-22-27-20(17-9-3-1-4-10-17)21(28-22)18-11-5-2-6-12-18/h1-14,20-21H,15H2,(H,27,28)/t20-,21+. The average Bonchev–Trinajstić information content (AvgIpc) is 3.18. The molecule has 3 aromatic rings. The molecule has 1 aliphatic rings. The van der Waals surface area contributed by atoms with E-state index in [9.17, 15) is 13.2 Å². The molecule has 0 saturated carbocycles. The summed E-state index contributed by atoms with van der Waals surface area (Å²) in [5.41, 5.74) is 2.22. The smallest absolute Gasteiger partial charge is 0.356 e. The molecule has 1 heterocycles. The summed E-state index contributed by atoms with van der Waals surface area (Å²) >= 11 is 1.42. The summed E-state index contributed by atoms with van der Waals surface area (Å²) in [7, 11) is 0. The monoisotopic (exact) mass is 412 g/mol. The molecule has 0 saturated heterocycles. The molecule has 148 valence electrons. The van der Waals surface area contributed by atoms with Crippen LogP contribution < -0.4 is 5.32 Å². The Hall–Kier alpha value is -2.73. The van der Waals surface area contributed by atoms with Crippen molar-refractivity contribution in [3.63, 3.8) is 0 Å². The van der Waals surface area contributed by atoms with Gasteiger partial charge in [-0.1, -0.05) is 90.6 Å². The van der Waals surface area contributed by atoms with Gasteiger partial charge in [-0.3, -0.25) is 4.99 Å². The summed E-state index contributed by atoms with van der Waals surface area (Å²) in [6.45, 7) is 0. The molecule has 29 heavy (non-hydrogen) atoms. The Morgan fingerprint density at radius 3 is 2.14 bits per heavy atom. The molecule has 4 rings (SSSR count). The van der Waals surface area contributed by atoms with Crippen LogP contribution in [0, 0.1) is 0 Å². The Morgan fingerprint density at radius 1 is 0.828 bits per heavy atom. The minimum Gasteiger partial charge on any atom is -0.356 e. The minimum atomic E-state index is -4.33. The molecule has 1 aliphatic heterocycles. The van der Waals surface area contributed by atoms with Crippen molar-refractivity contribution < 1.29 is 13.2 Å². The van der Waals surface area contributed by atoms with Crippen LogP contribution in [0.4, 0.5) is 13.2 Å². The first-order valence-electron chi connectivity index (χ1n) is 9.24. The predicted molar refractivity (Wildman–Crippen MR) is 112 cm³/mol. The quantitative estimate of drug-likeness (QED) is 0.538. The zero-order valence-electron chi connectivity index (χ0n) is 15.4. The SMILES string of the molecule is FC(F)(F)c1cccc(CSC2=N[C@@H](c3ccccc3)[C@@H](c3ccccc3)N2)c1. The van der Waals surface area contributed by atoms with Crippen LogP contribution in [0.15, 0.2) is 89.9 Å². The molecule has 1 N–H and O–H groups in total. The highest BCUT2D eigenvalue weighted by Gasteiger charge is 2.32. The molecule has 0 aliphatic carbocycles. The van der Waals surface area contributed by atoms with Crippen molar-refractivity contribution in [1.82, 2.24) is 5.32 Å². The average molecular weight is 412 g/mol. The number of aliphatic imine (C=N–C) groups is 1. The predicted octanol–water partition coefficient (Wildman–Crippen LogP) is 6.38. The number of amidine groups is 1. The van der Waals surface area contributed by atoms with Gasteiger partial charge in [0, 0.05) is 5.75 Å². The lowest BCUT2D eigenvalue weighted by atomic mass is 9.95. The lowest BCUT2D eigenvalue weighted by Gasteiger charge is -2.19. The van der Waals surface area contributed by atoms with Crippen LogP contribution in [0.25, 0.3) is 0 Å². The highest BCUT2D eigenvalue weighted by molar-refractivity contribution is 8.13. The van der Waals surface area contributed by atoms with Crippen molar-refractivity contribution in [2.75, 3.05) is 0 Å². The zero-order valence-corrected chi connectivity index (χ0v) is 16.3. The van der Waals surface area contributed by atoms with E-state index in [4.69, 9.17) is 4.99 Å². The lowest BCUT2D eigenvalue weighted by Crippen LogP contribution is -2.22. The lowest BCUT2D eigenvalue weighted by molar-refractivity contribution is -0.137. The first kappa shape index (κ1) is 19.6. The second kappa shape index (κ2) is 8.33. The molecule has 0 radical (unpaired) electrons. The van der Waals surface area contributed by atoms with Gasteiger partial charge in [0.1, 0.15) is 6.04 Å². The van der Waals surface area contributed by atoms with Crippen LogP contribution in [0.2, 0.25) is 0 Å². The van der Waals surface area contributed by atoms with Crippen molar-refractivity contribution in [3.8, 4) is 0 Å². The van der Waals surface area contributed by atoms with Crippen molar-refractivity contribution >= 4 is 16.9 Å². The van der Waals surface area contributed by atoms with E-state index in [1.54, 1.807) is 6.07 Å². The molecule has 0 unspecified atom stereocenters. The fourth-order valence-corrected chi connectivity index (χ4v) is 4.24. The van der Waals surface area contributed by atoms with Crippen LogP contribution >= 0.6 is 11.8 Å². The van der Waals surface area contributed by atoms with E-state index in [-0.39, 0.29) is 12.1 Å². The van der Waals surface area contributed by atoms with E-state index in [1.807, 2.05) is 48.5 Å². The minimum absolute atomic E-state index is 0.0115. The number of benzene rings is 3. The third-order valence-corrected chi connectivity index (χ3v) is 5.76. The van der Waals surface area contributed by atoms with Crippen LogP contribution in [0.3, 0.4) is 0 Å². The van der Waals surface area contributed by atoms with Gasteiger partial charge in [-0.2, -0.15) is 13.2 Å². The highest BCUT2D eigenvalue weighted by atomic mass is 32.2. The maximum atomic E-state index is 12.9. The van der Waals surface area contributed by atoms with Gasteiger partial charge in [-0.05, 0) is 22.8 Å². The van der Waals surface area contributed by atoms with Crippen LogP contribution in [0.1, 0.15) is 34.3 Å². The van der Waals surface area contributed by atoms with Crippen molar-refractivity contribution in [1.29, 1.82) is 0 Å². The van der Waals surface area contributed by atoms with Gasteiger partial charge < -0.3 is 5.32 Å². The zero-order chi connectivity index (χ0) is 20.3. The van der Waals surface area contributed by atoms with Gasteiger partial charge >= 0.3 is 6.18 Å². The first-order valence-corrected chi connectivity index (χ1v) is 10.2. The summed E-state index contributed by atoms with van der Waals surface area (Å²) in [4.78, 5) is 4.85. The molecule has 0 bridgehead atoms. The van der Waals surface area contributed by atoms with Crippen LogP contribution in [-0.2, 0) is 11.9 Å². The van der Waals surface area contributed by atoms with Crippen molar-refractivity contribution in [2.24, 2.45) is 4.99 Å². The summed E-state index contributed by atoms with van der Waals surface area (Å²) < 4.78 is 38.8. The molecule has 2 atom stereocenters. The van der Waals surface area contributed by atoms with Crippen LogP contribution in [-0.4, -0.2) is 5.17 Å². The molecular formula is C23H19F3N2S. The number of halogens is 3. The fourth-order valence-electron chi connectivity index (χ4n) is 3.36. The van der Waals surface area contributed by atoms with Gasteiger partial charge in [0.15, 0.2) is 5.17 Å².